The lowest BCUT2D eigenvalue weighted by molar-refractivity contribution is 0.0637. The van der Waals surface area contributed by atoms with E-state index in [1.165, 1.54) is 0 Å². The van der Waals surface area contributed by atoms with E-state index in [4.69, 9.17) is 0 Å². The Hall–Kier alpha value is -3.28. The number of carbonyl (C=O) groups excluding carboxylic acids is 2. The molecular formula is C21H20N4O2. The van der Waals surface area contributed by atoms with Gasteiger partial charge in [-0.05, 0) is 49.2 Å². The molecule has 1 amide bonds. The Bertz CT molecular complexity index is 938. The second kappa shape index (κ2) is 7.53. The maximum atomic E-state index is 13.0. The number of piperidine rings is 1. The number of nitrogens with zero attached hydrogens (tertiary/aromatic N) is 4. The first-order valence-electron chi connectivity index (χ1n) is 9.06. The van der Waals surface area contributed by atoms with Crippen LogP contribution in [-0.2, 0) is 0 Å². The standard InChI is InChI=1S/C21H20N4O2/c26-20(17-6-2-9-22-14-17)18-7-3-11-24(15-18)21(27)16-5-1-8-19(13-16)25-12-4-10-23-25/h1-2,4-6,8-10,12-14,18H,3,7,11,15H2/t18-/m0/s1. The molecule has 1 atom stereocenters. The zero-order valence-electron chi connectivity index (χ0n) is 14.9. The Morgan fingerprint density at radius 2 is 1.93 bits per heavy atom. The highest BCUT2D eigenvalue weighted by Crippen LogP contribution is 2.23. The molecule has 0 bridgehead atoms. The summed E-state index contributed by atoms with van der Waals surface area (Å²) in [5.74, 6) is -0.167. The Morgan fingerprint density at radius 3 is 2.70 bits per heavy atom. The number of aromatic nitrogens is 3. The van der Waals surface area contributed by atoms with Crippen LogP contribution in [0, 0.1) is 5.92 Å². The van der Waals surface area contributed by atoms with Gasteiger partial charge in [0.25, 0.3) is 5.91 Å². The SMILES string of the molecule is O=C(c1cccnc1)[C@H]1CCCN(C(=O)c2cccc(-n3cccn3)c2)C1. The van der Waals surface area contributed by atoms with Crippen molar-refractivity contribution < 1.29 is 9.59 Å². The van der Waals surface area contributed by atoms with Crippen LogP contribution in [0.25, 0.3) is 5.69 Å². The van der Waals surface area contributed by atoms with Crippen LogP contribution >= 0.6 is 0 Å². The molecule has 3 aromatic rings. The van der Waals surface area contributed by atoms with E-state index in [0.717, 1.165) is 18.5 Å². The van der Waals surface area contributed by atoms with Gasteiger partial charge in [-0.25, -0.2) is 4.68 Å². The van der Waals surface area contributed by atoms with Crippen LogP contribution in [0.1, 0.15) is 33.6 Å². The van der Waals surface area contributed by atoms with Crippen LogP contribution in [0.2, 0.25) is 0 Å². The summed E-state index contributed by atoms with van der Waals surface area (Å²) in [6, 6.07) is 12.8. The third kappa shape index (κ3) is 3.65. The highest BCUT2D eigenvalue weighted by molar-refractivity contribution is 5.99. The molecule has 0 spiro atoms. The van der Waals surface area contributed by atoms with Crippen LogP contribution in [-0.4, -0.2) is 44.4 Å². The number of pyridine rings is 1. The number of amides is 1. The first-order chi connectivity index (χ1) is 13.2. The molecule has 27 heavy (non-hydrogen) atoms. The summed E-state index contributed by atoms with van der Waals surface area (Å²) in [6.07, 6.45) is 8.41. The lowest BCUT2D eigenvalue weighted by Gasteiger charge is -2.32. The Morgan fingerprint density at radius 1 is 1.04 bits per heavy atom. The van der Waals surface area contributed by atoms with E-state index in [0.29, 0.717) is 24.2 Å². The molecule has 0 saturated carbocycles. The van der Waals surface area contributed by atoms with E-state index in [1.807, 2.05) is 36.5 Å². The number of benzene rings is 1. The predicted molar refractivity (Wildman–Crippen MR) is 101 cm³/mol. The summed E-state index contributed by atoms with van der Waals surface area (Å²) in [5.41, 5.74) is 2.06. The normalized spacial score (nSPS) is 16.9. The van der Waals surface area contributed by atoms with Gasteiger partial charge in [0.15, 0.2) is 5.78 Å². The monoisotopic (exact) mass is 360 g/mol. The maximum Gasteiger partial charge on any atom is 0.253 e. The molecular weight excluding hydrogens is 340 g/mol. The van der Waals surface area contributed by atoms with Crippen molar-refractivity contribution in [1.29, 1.82) is 0 Å². The molecule has 136 valence electrons. The van der Waals surface area contributed by atoms with Crippen LogP contribution in [0.4, 0.5) is 0 Å². The molecule has 6 nitrogen and oxygen atoms in total. The average Bonchev–Trinajstić information content (AvgIpc) is 3.28. The van der Waals surface area contributed by atoms with Gasteiger partial charge >= 0.3 is 0 Å². The summed E-state index contributed by atoms with van der Waals surface area (Å²) in [7, 11) is 0. The van der Waals surface area contributed by atoms with Crippen LogP contribution in [0.15, 0.2) is 67.3 Å². The summed E-state index contributed by atoms with van der Waals surface area (Å²) < 4.78 is 1.72. The summed E-state index contributed by atoms with van der Waals surface area (Å²) in [5, 5.41) is 4.21. The molecule has 2 aromatic heterocycles. The second-order valence-corrected chi connectivity index (χ2v) is 6.70. The topological polar surface area (TPSA) is 68.1 Å². The Labute approximate surface area is 157 Å². The fourth-order valence-corrected chi connectivity index (χ4v) is 3.51. The van der Waals surface area contributed by atoms with Gasteiger partial charge in [-0.15, -0.1) is 0 Å². The number of likely N-dealkylation sites (tertiary alicyclic amines) is 1. The van der Waals surface area contributed by atoms with Crippen molar-refractivity contribution in [1.82, 2.24) is 19.7 Å². The molecule has 1 saturated heterocycles. The van der Waals surface area contributed by atoms with Crippen LogP contribution < -0.4 is 0 Å². The molecule has 0 radical (unpaired) electrons. The van der Waals surface area contributed by atoms with Crippen molar-refractivity contribution >= 4 is 11.7 Å². The van der Waals surface area contributed by atoms with Gasteiger partial charge in [0.2, 0.25) is 0 Å². The van der Waals surface area contributed by atoms with Crippen LogP contribution in [0.3, 0.4) is 0 Å². The molecule has 4 rings (SSSR count). The number of ketones is 1. The molecule has 1 aromatic carbocycles. The summed E-state index contributed by atoms with van der Waals surface area (Å²) >= 11 is 0. The third-order valence-electron chi connectivity index (χ3n) is 4.89. The maximum absolute atomic E-state index is 13.0. The minimum Gasteiger partial charge on any atom is -0.338 e. The van der Waals surface area contributed by atoms with Crippen molar-refractivity contribution in [2.75, 3.05) is 13.1 Å². The smallest absolute Gasteiger partial charge is 0.253 e. The largest absolute Gasteiger partial charge is 0.338 e. The molecule has 0 N–H and O–H groups in total. The van der Waals surface area contributed by atoms with Crippen molar-refractivity contribution in [3.8, 4) is 5.69 Å². The van der Waals surface area contributed by atoms with E-state index >= 15 is 0 Å². The van der Waals surface area contributed by atoms with Crippen molar-refractivity contribution in [3.05, 3.63) is 78.4 Å². The van der Waals surface area contributed by atoms with E-state index in [1.54, 1.807) is 40.3 Å². The quantitative estimate of drug-likeness (QED) is 0.671. The zero-order chi connectivity index (χ0) is 18.6. The number of carbonyl (C=O) groups is 2. The summed E-state index contributed by atoms with van der Waals surface area (Å²) in [4.78, 5) is 31.5. The number of Topliss-reactive ketones (excluding diaryl/α,β-unsaturated/α-hetero) is 1. The Kier molecular flexibility index (Phi) is 4.78. The number of rotatable bonds is 4. The van der Waals surface area contributed by atoms with Crippen LogP contribution in [0.5, 0.6) is 0 Å². The first kappa shape index (κ1) is 17.1. The van der Waals surface area contributed by atoms with Gasteiger partial charge in [-0.1, -0.05) is 6.07 Å². The highest BCUT2D eigenvalue weighted by Gasteiger charge is 2.29. The molecule has 0 aliphatic carbocycles. The van der Waals surface area contributed by atoms with Gasteiger partial charge in [0.05, 0.1) is 5.69 Å². The fraction of sp³-hybridized carbons (Fsp3) is 0.238. The molecule has 1 aliphatic rings. The summed E-state index contributed by atoms with van der Waals surface area (Å²) in [6.45, 7) is 1.11. The fourth-order valence-electron chi connectivity index (χ4n) is 3.51. The molecule has 3 heterocycles. The lowest BCUT2D eigenvalue weighted by atomic mass is 9.90. The predicted octanol–water partition coefficient (Wildman–Crippen LogP) is 3.00. The second-order valence-electron chi connectivity index (χ2n) is 6.70. The lowest BCUT2D eigenvalue weighted by Crippen LogP contribution is -2.42. The number of hydrogen-bond donors (Lipinski definition) is 0. The highest BCUT2D eigenvalue weighted by atomic mass is 16.2. The van der Waals surface area contributed by atoms with Gasteiger partial charge in [0.1, 0.15) is 0 Å². The minimum atomic E-state index is -0.179. The van der Waals surface area contributed by atoms with E-state index in [9.17, 15) is 9.59 Å². The van der Waals surface area contributed by atoms with Gasteiger partial charge < -0.3 is 4.90 Å². The molecule has 0 unspecified atom stereocenters. The van der Waals surface area contributed by atoms with Crippen molar-refractivity contribution in [2.24, 2.45) is 5.92 Å². The van der Waals surface area contributed by atoms with Gasteiger partial charge in [-0.2, -0.15) is 5.10 Å². The van der Waals surface area contributed by atoms with E-state index in [2.05, 4.69) is 10.1 Å². The molecule has 1 fully saturated rings. The number of hydrogen-bond acceptors (Lipinski definition) is 4. The Balaban J connectivity index is 1.51. The molecule has 1 aliphatic heterocycles. The van der Waals surface area contributed by atoms with E-state index < -0.39 is 0 Å². The average molecular weight is 360 g/mol. The first-order valence-corrected chi connectivity index (χ1v) is 9.06. The zero-order valence-corrected chi connectivity index (χ0v) is 14.9. The minimum absolute atomic E-state index is 0.0484. The van der Waals surface area contributed by atoms with Gasteiger partial charge in [-0.3, -0.25) is 14.6 Å². The van der Waals surface area contributed by atoms with Gasteiger partial charge in [0, 0.05) is 54.9 Å². The van der Waals surface area contributed by atoms with E-state index in [-0.39, 0.29) is 17.6 Å². The third-order valence-corrected chi connectivity index (χ3v) is 4.89. The molecule has 6 heteroatoms. The van der Waals surface area contributed by atoms with Crippen molar-refractivity contribution in [2.45, 2.75) is 12.8 Å². The van der Waals surface area contributed by atoms with Crippen molar-refractivity contribution in [3.63, 3.8) is 0 Å².